The zero-order valence-electron chi connectivity index (χ0n) is 16.8. The summed E-state index contributed by atoms with van der Waals surface area (Å²) in [7, 11) is 3.24. The Morgan fingerprint density at radius 1 is 1.11 bits per heavy atom. The van der Waals surface area contributed by atoms with Gasteiger partial charge in [-0.25, -0.2) is 0 Å². The van der Waals surface area contributed by atoms with Crippen LogP contribution in [0, 0.1) is 0 Å². The second-order valence-electron chi connectivity index (χ2n) is 6.94. The molecule has 0 bridgehead atoms. The first-order valence-electron chi connectivity index (χ1n) is 9.70. The topological polar surface area (TPSA) is 62.3 Å². The Hall–Kier alpha value is -1.93. The number of hydrogen-bond acceptors (Lipinski definition) is 6. The van der Waals surface area contributed by atoms with Crippen LogP contribution in [0.15, 0.2) is 18.2 Å². The Kier molecular flexibility index (Phi) is 7.07. The molecule has 7 nitrogen and oxygen atoms in total. The molecule has 0 saturated carbocycles. The summed E-state index contributed by atoms with van der Waals surface area (Å²) in [5.41, 5.74) is 1.05. The highest BCUT2D eigenvalue weighted by Gasteiger charge is 2.33. The summed E-state index contributed by atoms with van der Waals surface area (Å²) < 4.78 is 10.7. The van der Waals surface area contributed by atoms with Crippen LogP contribution in [-0.4, -0.2) is 85.8 Å². The molecule has 2 amide bonds. The first-order valence-corrected chi connectivity index (χ1v) is 10.7. The number of hydrogen-bond donors (Lipinski definition) is 0. The Balaban J connectivity index is 1.60. The number of rotatable bonds is 7. The number of piperazine rings is 1. The van der Waals surface area contributed by atoms with E-state index in [-0.39, 0.29) is 17.2 Å². The molecule has 0 aromatic heterocycles. The Labute approximate surface area is 170 Å². The van der Waals surface area contributed by atoms with Crippen molar-refractivity contribution in [2.45, 2.75) is 18.7 Å². The van der Waals surface area contributed by atoms with Crippen LogP contribution in [0.1, 0.15) is 24.3 Å². The second kappa shape index (κ2) is 9.52. The molecule has 2 aliphatic rings. The molecule has 0 spiro atoms. The first kappa shape index (κ1) is 20.8. The van der Waals surface area contributed by atoms with Crippen molar-refractivity contribution in [2.75, 3.05) is 59.2 Å². The highest BCUT2D eigenvalue weighted by Crippen LogP contribution is 2.41. The van der Waals surface area contributed by atoms with E-state index < -0.39 is 0 Å². The van der Waals surface area contributed by atoms with Crippen LogP contribution in [0.2, 0.25) is 0 Å². The molecule has 2 aliphatic heterocycles. The number of methoxy groups -OCH3 is 2. The van der Waals surface area contributed by atoms with Gasteiger partial charge in [0.15, 0.2) is 11.5 Å². The van der Waals surface area contributed by atoms with Crippen molar-refractivity contribution in [1.29, 1.82) is 0 Å². The minimum atomic E-state index is -0.00438. The minimum absolute atomic E-state index is 0.00438. The molecule has 2 saturated heterocycles. The molecule has 1 aromatic carbocycles. The maximum absolute atomic E-state index is 12.5. The summed E-state index contributed by atoms with van der Waals surface area (Å²) in [5, 5.41) is -0.00438. The lowest BCUT2D eigenvalue weighted by Crippen LogP contribution is -2.50. The molecule has 154 valence electrons. The van der Waals surface area contributed by atoms with Crippen molar-refractivity contribution in [3.05, 3.63) is 23.8 Å². The van der Waals surface area contributed by atoms with Gasteiger partial charge in [-0.05, 0) is 17.7 Å². The minimum Gasteiger partial charge on any atom is -0.493 e. The monoisotopic (exact) mass is 407 g/mol. The van der Waals surface area contributed by atoms with Gasteiger partial charge in [0.25, 0.3) is 0 Å². The molecular formula is C20H29N3O4S. The Morgan fingerprint density at radius 2 is 1.82 bits per heavy atom. The van der Waals surface area contributed by atoms with E-state index in [0.717, 1.165) is 38.3 Å². The lowest BCUT2D eigenvalue weighted by Gasteiger charge is -2.36. The SMILES string of the molecule is CCC(=O)N1CCN(CCN2C(=O)CSC2c2ccc(OC)c(OC)c2)CC1. The van der Waals surface area contributed by atoms with E-state index in [1.807, 2.05) is 34.9 Å². The van der Waals surface area contributed by atoms with Crippen LogP contribution >= 0.6 is 11.8 Å². The molecule has 8 heteroatoms. The number of carbonyl (C=O) groups is 2. The summed E-state index contributed by atoms with van der Waals surface area (Å²) in [6, 6.07) is 5.84. The average molecular weight is 408 g/mol. The Morgan fingerprint density at radius 3 is 2.46 bits per heavy atom. The third-order valence-corrected chi connectivity index (χ3v) is 6.60. The maximum Gasteiger partial charge on any atom is 0.233 e. The summed E-state index contributed by atoms with van der Waals surface area (Å²) in [5.74, 6) is 2.25. The van der Waals surface area contributed by atoms with E-state index in [1.165, 1.54) is 0 Å². The Bertz CT molecular complexity index is 707. The molecular weight excluding hydrogens is 378 g/mol. The van der Waals surface area contributed by atoms with Crippen molar-refractivity contribution in [3.8, 4) is 11.5 Å². The van der Waals surface area contributed by atoms with Gasteiger partial charge >= 0.3 is 0 Å². The molecule has 1 unspecified atom stereocenters. The largest absolute Gasteiger partial charge is 0.493 e. The molecule has 0 radical (unpaired) electrons. The van der Waals surface area contributed by atoms with Crippen LogP contribution in [0.3, 0.4) is 0 Å². The van der Waals surface area contributed by atoms with Gasteiger partial charge in [0.2, 0.25) is 11.8 Å². The molecule has 0 aliphatic carbocycles. The van der Waals surface area contributed by atoms with Gasteiger partial charge in [0, 0.05) is 45.7 Å². The van der Waals surface area contributed by atoms with E-state index in [9.17, 15) is 9.59 Å². The normalized spacial score (nSPS) is 20.5. The zero-order valence-corrected chi connectivity index (χ0v) is 17.7. The fourth-order valence-corrected chi connectivity index (χ4v) is 4.88. The first-order chi connectivity index (χ1) is 13.6. The molecule has 1 atom stereocenters. The van der Waals surface area contributed by atoms with Crippen molar-refractivity contribution in [2.24, 2.45) is 0 Å². The van der Waals surface area contributed by atoms with E-state index in [0.29, 0.717) is 30.2 Å². The van der Waals surface area contributed by atoms with Crippen LogP contribution in [-0.2, 0) is 9.59 Å². The predicted octanol–water partition coefficient (Wildman–Crippen LogP) is 1.83. The van der Waals surface area contributed by atoms with Gasteiger partial charge in [-0.2, -0.15) is 0 Å². The predicted molar refractivity (Wildman–Crippen MR) is 110 cm³/mol. The van der Waals surface area contributed by atoms with Gasteiger partial charge in [-0.3, -0.25) is 14.5 Å². The number of carbonyl (C=O) groups excluding carboxylic acids is 2. The third-order valence-electron chi connectivity index (χ3n) is 5.35. The molecule has 28 heavy (non-hydrogen) atoms. The van der Waals surface area contributed by atoms with Crippen LogP contribution in [0.25, 0.3) is 0 Å². The van der Waals surface area contributed by atoms with Crippen molar-refractivity contribution in [1.82, 2.24) is 14.7 Å². The van der Waals surface area contributed by atoms with Gasteiger partial charge in [-0.1, -0.05) is 13.0 Å². The summed E-state index contributed by atoms with van der Waals surface area (Å²) >= 11 is 1.65. The van der Waals surface area contributed by atoms with Crippen molar-refractivity contribution < 1.29 is 19.1 Å². The number of ether oxygens (including phenoxy) is 2. The van der Waals surface area contributed by atoms with Crippen LogP contribution in [0.4, 0.5) is 0 Å². The van der Waals surface area contributed by atoms with E-state index >= 15 is 0 Å². The standard InChI is InChI=1S/C20H29N3O4S/c1-4-18(24)22-10-7-21(8-11-22)9-12-23-19(25)14-28-20(23)15-5-6-16(26-2)17(13-15)27-3/h5-6,13,20H,4,7-12,14H2,1-3H3. The van der Waals surface area contributed by atoms with Crippen molar-refractivity contribution >= 4 is 23.6 Å². The van der Waals surface area contributed by atoms with Crippen LogP contribution in [0.5, 0.6) is 11.5 Å². The molecule has 2 fully saturated rings. The van der Waals surface area contributed by atoms with Gasteiger partial charge in [0.1, 0.15) is 5.37 Å². The zero-order chi connectivity index (χ0) is 20.1. The summed E-state index contributed by atoms with van der Waals surface area (Å²) in [6.07, 6.45) is 0.562. The van der Waals surface area contributed by atoms with E-state index in [2.05, 4.69) is 4.90 Å². The van der Waals surface area contributed by atoms with Gasteiger partial charge in [0.05, 0.1) is 20.0 Å². The van der Waals surface area contributed by atoms with E-state index in [4.69, 9.17) is 9.47 Å². The van der Waals surface area contributed by atoms with Crippen molar-refractivity contribution in [3.63, 3.8) is 0 Å². The molecule has 3 rings (SSSR count). The fourth-order valence-electron chi connectivity index (χ4n) is 3.67. The van der Waals surface area contributed by atoms with Gasteiger partial charge < -0.3 is 19.3 Å². The second-order valence-corrected chi connectivity index (χ2v) is 8.01. The summed E-state index contributed by atoms with van der Waals surface area (Å²) in [6.45, 7) is 6.68. The maximum atomic E-state index is 12.5. The number of amides is 2. The molecule has 0 N–H and O–H groups in total. The van der Waals surface area contributed by atoms with E-state index in [1.54, 1.807) is 26.0 Å². The smallest absolute Gasteiger partial charge is 0.233 e. The van der Waals surface area contributed by atoms with Gasteiger partial charge in [-0.15, -0.1) is 11.8 Å². The summed E-state index contributed by atoms with van der Waals surface area (Å²) in [4.78, 5) is 30.5. The lowest BCUT2D eigenvalue weighted by molar-refractivity contribution is -0.132. The lowest BCUT2D eigenvalue weighted by atomic mass is 10.1. The van der Waals surface area contributed by atoms with Crippen LogP contribution < -0.4 is 9.47 Å². The average Bonchev–Trinajstić information content (AvgIpc) is 3.11. The fraction of sp³-hybridized carbons (Fsp3) is 0.600. The quantitative estimate of drug-likeness (QED) is 0.687. The highest BCUT2D eigenvalue weighted by molar-refractivity contribution is 8.00. The molecule has 1 aromatic rings. The number of nitrogens with zero attached hydrogens (tertiary/aromatic N) is 3. The number of thioether (sulfide) groups is 1. The highest BCUT2D eigenvalue weighted by atomic mass is 32.2. The molecule has 2 heterocycles. The number of benzene rings is 1. The third kappa shape index (κ3) is 4.55.